The highest BCUT2D eigenvalue weighted by Gasteiger charge is 2.89. The van der Waals surface area contributed by atoms with Crippen LogP contribution in [-0.4, -0.2) is 92.6 Å². The Kier molecular flexibility index (Phi) is 7.07. The van der Waals surface area contributed by atoms with E-state index in [1.807, 2.05) is 0 Å². The zero-order valence-corrected chi connectivity index (χ0v) is 29.7. The maximum atomic E-state index is 12.8. The second-order valence-electron chi connectivity index (χ2n) is 19.2. The van der Waals surface area contributed by atoms with Crippen molar-refractivity contribution in [2.45, 2.75) is 134 Å². The van der Waals surface area contributed by atoms with Crippen molar-refractivity contribution in [1.29, 1.82) is 0 Å². The number of aliphatic hydroxyl groups is 6. The van der Waals surface area contributed by atoms with Crippen molar-refractivity contribution in [2.24, 2.45) is 62.6 Å². The molecule has 0 aromatic carbocycles. The summed E-state index contributed by atoms with van der Waals surface area (Å²) in [6.45, 7) is 17.8. The molecule has 9 nitrogen and oxygen atoms in total. The summed E-state index contributed by atoms with van der Waals surface area (Å²) >= 11 is 0. The summed E-state index contributed by atoms with van der Waals surface area (Å²) in [4.78, 5) is 0. The summed E-state index contributed by atoms with van der Waals surface area (Å²) in [5.74, 6) is -3.16. The average molecular weight is 683 g/mol. The minimum Gasteiger partial charge on any atom is -0.392 e. The van der Waals surface area contributed by atoms with Crippen LogP contribution in [0.25, 0.3) is 0 Å². The molecule has 10 rings (SSSR count). The highest BCUT2D eigenvalue weighted by Crippen LogP contribution is 2.79. The van der Waals surface area contributed by atoms with Gasteiger partial charge in [-0.05, 0) is 103 Å². The fourth-order valence-corrected chi connectivity index (χ4v) is 15.0. The van der Waals surface area contributed by atoms with Crippen molar-refractivity contribution < 1.29 is 44.8 Å². The molecule has 0 amide bonds. The molecule has 10 aliphatic rings. The third-order valence-corrected chi connectivity index (χ3v) is 17.2. The number of ether oxygens (including phenoxy) is 3. The quantitative estimate of drug-likeness (QED) is 0.246. The zero-order valence-electron chi connectivity index (χ0n) is 29.7. The maximum Gasteiger partial charge on any atom is 0.206 e. The molecule has 18 unspecified atom stereocenters. The summed E-state index contributed by atoms with van der Waals surface area (Å²) in [5, 5.41) is 72.9. The van der Waals surface area contributed by atoms with Crippen LogP contribution >= 0.6 is 0 Å². The van der Waals surface area contributed by atoms with Crippen LogP contribution in [0.3, 0.4) is 0 Å². The van der Waals surface area contributed by atoms with Crippen LogP contribution in [0.5, 0.6) is 0 Å². The molecule has 9 fully saturated rings. The van der Waals surface area contributed by atoms with E-state index in [2.05, 4.69) is 46.9 Å². The van der Waals surface area contributed by atoms with E-state index in [1.165, 1.54) is 11.1 Å². The minimum atomic E-state index is -2.34. The van der Waals surface area contributed by atoms with Gasteiger partial charge in [0.05, 0.1) is 54.6 Å². The van der Waals surface area contributed by atoms with Crippen molar-refractivity contribution in [2.75, 3.05) is 13.2 Å². The van der Waals surface area contributed by atoms with Crippen LogP contribution in [0.15, 0.2) is 36.0 Å². The molecule has 18 atom stereocenters. The van der Waals surface area contributed by atoms with Gasteiger partial charge in [-0.3, -0.25) is 0 Å². The predicted molar refractivity (Wildman–Crippen MR) is 179 cm³/mol. The van der Waals surface area contributed by atoms with E-state index >= 15 is 0 Å². The Hall–Kier alpha value is -1.14. The highest BCUT2D eigenvalue weighted by molar-refractivity contribution is 5.39. The van der Waals surface area contributed by atoms with Gasteiger partial charge in [0.25, 0.3) is 0 Å². The van der Waals surface area contributed by atoms with Crippen molar-refractivity contribution in [3.05, 3.63) is 36.0 Å². The molecule has 0 aromatic rings. The lowest BCUT2D eigenvalue weighted by molar-refractivity contribution is -0.528. The SMILES string of the molecule is C=C1COC2C3=CCC4C(C)(COC5OC6(O)C(O)C7C(C)(C)CCC(O)C57C5CCC7C(=C)C(O)C56C7O)C(O)CCC4(C)C3CCC12. The third-order valence-electron chi connectivity index (χ3n) is 17.2. The number of allylic oxidation sites excluding steroid dienone is 1. The number of hydrogen-bond acceptors (Lipinski definition) is 9. The first-order valence-corrected chi connectivity index (χ1v) is 19.1. The molecular formula is C40H58O9. The Morgan fingerprint density at radius 2 is 1.57 bits per heavy atom. The molecule has 3 aliphatic heterocycles. The summed E-state index contributed by atoms with van der Waals surface area (Å²) in [6.07, 6.45) is 2.39. The topological polar surface area (TPSA) is 149 Å². The van der Waals surface area contributed by atoms with Crippen LogP contribution < -0.4 is 0 Å². The fraction of sp³-hybridized carbons (Fsp3) is 0.850. The molecule has 6 saturated carbocycles. The van der Waals surface area contributed by atoms with Crippen molar-refractivity contribution in [3.63, 3.8) is 0 Å². The van der Waals surface area contributed by atoms with Crippen molar-refractivity contribution in [3.8, 4) is 0 Å². The number of rotatable bonds is 3. The fourth-order valence-electron chi connectivity index (χ4n) is 15.0. The summed E-state index contributed by atoms with van der Waals surface area (Å²) in [6, 6.07) is 0. The van der Waals surface area contributed by atoms with Crippen LogP contribution in [0.1, 0.15) is 85.5 Å². The first-order valence-electron chi connectivity index (χ1n) is 19.1. The average Bonchev–Trinajstić information content (AvgIpc) is 3.48. The van der Waals surface area contributed by atoms with E-state index < -0.39 is 82.0 Å². The molecule has 2 spiro atoms. The van der Waals surface area contributed by atoms with Gasteiger partial charge in [-0.2, -0.15) is 0 Å². The lowest BCUT2D eigenvalue weighted by atomic mass is 9.35. The molecular weight excluding hydrogens is 624 g/mol. The van der Waals surface area contributed by atoms with Gasteiger partial charge in [-0.15, -0.1) is 0 Å². The summed E-state index contributed by atoms with van der Waals surface area (Å²) < 4.78 is 19.9. The molecule has 3 heterocycles. The number of hydrogen-bond donors (Lipinski definition) is 6. The lowest BCUT2D eigenvalue weighted by Crippen LogP contribution is -2.88. The molecule has 49 heavy (non-hydrogen) atoms. The van der Waals surface area contributed by atoms with E-state index in [1.54, 1.807) is 0 Å². The molecule has 6 N–H and O–H groups in total. The van der Waals surface area contributed by atoms with Gasteiger partial charge in [0.2, 0.25) is 5.79 Å². The third kappa shape index (κ3) is 3.64. The molecule has 3 saturated heterocycles. The van der Waals surface area contributed by atoms with Gasteiger partial charge in [0, 0.05) is 23.2 Å². The highest BCUT2D eigenvalue weighted by atomic mass is 16.8. The Labute approximate surface area is 290 Å². The monoisotopic (exact) mass is 682 g/mol. The van der Waals surface area contributed by atoms with E-state index in [9.17, 15) is 30.6 Å². The lowest BCUT2D eigenvalue weighted by Gasteiger charge is -2.77. The van der Waals surface area contributed by atoms with E-state index in [0.29, 0.717) is 56.1 Å². The Morgan fingerprint density at radius 3 is 2.33 bits per heavy atom. The minimum absolute atomic E-state index is 0.0749. The van der Waals surface area contributed by atoms with Gasteiger partial charge < -0.3 is 44.8 Å². The van der Waals surface area contributed by atoms with Gasteiger partial charge in [0.1, 0.15) is 6.10 Å². The molecule has 0 radical (unpaired) electrons. The molecule has 272 valence electrons. The maximum absolute atomic E-state index is 12.8. The van der Waals surface area contributed by atoms with Crippen molar-refractivity contribution in [1.82, 2.24) is 0 Å². The summed E-state index contributed by atoms with van der Waals surface area (Å²) in [5.41, 5.74) is -1.06. The second-order valence-corrected chi connectivity index (χ2v) is 19.2. The van der Waals surface area contributed by atoms with E-state index in [0.717, 1.165) is 25.7 Å². The Morgan fingerprint density at radius 1 is 0.857 bits per heavy atom. The summed E-state index contributed by atoms with van der Waals surface area (Å²) in [7, 11) is 0. The van der Waals surface area contributed by atoms with Crippen LogP contribution in [0.4, 0.5) is 0 Å². The molecule has 7 aliphatic carbocycles. The van der Waals surface area contributed by atoms with Gasteiger partial charge in [-0.1, -0.05) is 46.9 Å². The van der Waals surface area contributed by atoms with Crippen LogP contribution in [0.2, 0.25) is 0 Å². The van der Waals surface area contributed by atoms with Crippen LogP contribution in [-0.2, 0) is 14.2 Å². The van der Waals surface area contributed by atoms with Gasteiger partial charge in [0.15, 0.2) is 6.29 Å². The predicted octanol–water partition coefficient (Wildman–Crippen LogP) is 3.60. The first-order chi connectivity index (χ1) is 23.0. The Bertz CT molecular complexity index is 1490. The van der Waals surface area contributed by atoms with Crippen molar-refractivity contribution >= 4 is 0 Å². The first kappa shape index (κ1) is 33.7. The Balaban J connectivity index is 1.10. The largest absolute Gasteiger partial charge is 0.392 e. The molecule has 9 heteroatoms. The second kappa shape index (κ2) is 10.3. The molecule has 4 bridgehead atoms. The standard InChI is InChI=1S/C40H58O9/c1-19-17-47-29-21(19)7-10-24-23(29)9-11-25-36(24,5)16-14-27(41)37(25,6)18-48-34-38-26-12-8-22-20(2)31(43)39(26,32(22)44)40(46,49-34)33(45)30(38)35(3,4)15-13-28(38)42/h9,21-22,24-34,41-46H,1-2,7-8,10-18H2,3-6H3. The van der Waals surface area contributed by atoms with E-state index in [4.69, 9.17) is 14.2 Å². The number of fused-ring (bicyclic) bond motifs is 7. The van der Waals surface area contributed by atoms with Crippen LogP contribution in [0, 0.1) is 62.6 Å². The number of aliphatic hydroxyl groups excluding tert-OH is 5. The van der Waals surface area contributed by atoms with E-state index in [-0.39, 0.29) is 24.0 Å². The zero-order chi connectivity index (χ0) is 34.8. The molecule has 0 aromatic heterocycles. The normalized spacial score (nSPS) is 59.8. The van der Waals surface area contributed by atoms with Gasteiger partial charge in [-0.25, -0.2) is 0 Å². The van der Waals surface area contributed by atoms with Gasteiger partial charge >= 0.3 is 0 Å². The smallest absolute Gasteiger partial charge is 0.206 e.